The number of hydrogen-bond acceptors (Lipinski definition) is 7. The molecule has 1 aromatic carbocycles. The Labute approximate surface area is 267 Å². The van der Waals surface area contributed by atoms with Crippen molar-refractivity contribution >= 4 is 27.7 Å². The maximum Gasteiger partial charge on any atom is 0.408 e. The van der Waals surface area contributed by atoms with Crippen LogP contribution in [-0.4, -0.2) is 56.9 Å². The fourth-order valence-electron chi connectivity index (χ4n) is 6.73. The zero-order chi connectivity index (χ0) is 33.0. The molecule has 1 aliphatic heterocycles. The Bertz CT molecular complexity index is 1720. The van der Waals surface area contributed by atoms with Crippen molar-refractivity contribution in [2.75, 3.05) is 0 Å². The molecule has 1 saturated heterocycles. The molecule has 3 aliphatic rings. The summed E-state index contributed by atoms with van der Waals surface area (Å²) in [5.41, 5.74) is 1.86. The van der Waals surface area contributed by atoms with Gasteiger partial charge < -0.3 is 10.1 Å². The highest BCUT2D eigenvalue weighted by atomic mass is 32.2. The van der Waals surface area contributed by atoms with E-state index in [2.05, 4.69) is 10.4 Å². The van der Waals surface area contributed by atoms with Crippen molar-refractivity contribution in [3.8, 4) is 0 Å². The van der Waals surface area contributed by atoms with Crippen LogP contribution in [0.2, 0.25) is 0 Å². The summed E-state index contributed by atoms with van der Waals surface area (Å²) in [6.07, 6.45) is 5.07. The molecule has 2 saturated carbocycles. The number of aromatic nitrogens is 3. The second-order valence-electron chi connectivity index (χ2n) is 14.1. The van der Waals surface area contributed by atoms with E-state index in [1.165, 1.54) is 0 Å². The number of benzene rings is 1. The molecule has 46 heavy (non-hydrogen) atoms. The Morgan fingerprint density at radius 2 is 1.80 bits per heavy atom. The molecule has 10 nitrogen and oxygen atoms in total. The summed E-state index contributed by atoms with van der Waals surface area (Å²) in [5.74, 6) is -3.77. The van der Waals surface area contributed by atoms with E-state index in [9.17, 15) is 26.8 Å². The van der Waals surface area contributed by atoms with Gasteiger partial charge in [-0.3, -0.25) is 4.79 Å². The monoisotopic (exact) mass is 657 g/mol. The summed E-state index contributed by atoms with van der Waals surface area (Å²) in [6.45, 7) is 7.12. The van der Waals surface area contributed by atoms with Crippen molar-refractivity contribution in [2.45, 2.75) is 108 Å². The first-order valence-corrected chi connectivity index (χ1v) is 17.4. The number of carbonyl (C=O) groups is 2. The van der Waals surface area contributed by atoms with Gasteiger partial charge in [0.05, 0.1) is 35.1 Å². The molecule has 13 heteroatoms. The topological polar surface area (TPSA) is 123 Å². The van der Waals surface area contributed by atoms with Crippen LogP contribution in [0.4, 0.5) is 13.6 Å². The Balaban J connectivity index is 1.23. The maximum absolute atomic E-state index is 14.0. The fourth-order valence-corrected chi connectivity index (χ4v) is 8.44. The minimum Gasteiger partial charge on any atom is -0.444 e. The van der Waals surface area contributed by atoms with Crippen LogP contribution < -0.4 is 5.32 Å². The molecule has 3 atom stereocenters. The molecule has 0 spiro atoms. The van der Waals surface area contributed by atoms with Crippen molar-refractivity contribution in [1.82, 2.24) is 24.2 Å². The predicted octanol–water partition coefficient (Wildman–Crippen LogP) is 5.99. The lowest BCUT2D eigenvalue weighted by Crippen LogP contribution is -2.40. The zero-order valence-electron chi connectivity index (χ0n) is 26.6. The summed E-state index contributed by atoms with van der Waals surface area (Å²) in [7, 11) is -4.00. The summed E-state index contributed by atoms with van der Waals surface area (Å²) in [4.78, 5) is 31.3. The van der Waals surface area contributed by atoms with Crippen molar-refractivity contribution in [2.24, 2.45) is 17.8 Å². The van der Waals surface area contributed by atoms with Gasteiger partial charge >= 0.3 is 6.09 Å². The molecular weight excluding hydrogens is 616 g/mol. The number of amides is 2. The van der Waals surface area contributed by atoms with E-state index in [0.717, 1.165) is 28.3 Å². The molecule has 1 N–H and O–H groups in total. The summed E-state index contributed by atoms with van der Waals surface area (Å²) in [6, 6.07) is 7.32. The second-order valence-corrected chi connectivity index (χ2v) is 16.0. The van der Waals surface area contributed by atoms with Crippen LogP contribution in [0.25, 0.3) is 5.65 Å². The van der Waals surface area contributed by atoms with E-state index in [0.29, 0.717) is 24.2 Å². The minimum atomic E-state index is -4.00. The summed E-state index contributed by atoms with van der Waals surface area (Å²) in [5, 5.41) is 7.36. The van der Waals surface area contributed by atoms with Gasteiger partial charge in [-0.15, -0.1) is 0 Å². The molecule has 1 unspecified atom stereocenters. The van der Waals surface area contributed by atoms with Crippen LogP contribution in [0.3, 0.4) is 0 Å². The fraction of sp³-hybridized carbons (Fsp3) is 0.576. The lowest BCUT2D eigenvalue weighted by Gasteiger charge is -2.33. The lowest BCUT2D eigenvalue weighted by atomic mass is 9.81. The number of alkyl halides is 2. The molecule has 248 valence electrons. The van der Waals surface area contributed by atoms with Gasteiger partial charge in [-0.2, -0.15) is 5.10 Å². The van der Waals surface area contributed by atoms with Gasteiger partial charge in [0, 0.05) is 18.8 Å². The molecule has 3 aromatic rings. The summed E-state index contributed by atoms with van der Waals surface area (Å²) >= 11 is 0. The van der Waals surface area contributed by atoms with E-state index in [1.807, 2.05) is 6.92 Å². The molecule has 2 amide bonds. The molecule has 0 radical (unpaired) electrons. The highest BCUT2D eigenvalue weighted by molar-refractivity contribution is 7.89. The lowest BCUT2D eigenvalue weighted by molar-refractivity contribution is -0.127. The van der Waals surface area contributed by atoms with Gasteiger partial charge in [-0.1, -0.05) is 17.7 Å². The van der Waals surface area contributed by atoms with E-state index < -0.39 is 45.5 Å². The van der Waals surface area contributed by atoms with Crippen LogP contribution in [-0.2, 0) is 26.0 Å². The van der Waals surface area contributed by atoms with Crippen molar-refractivity contribution in [3.63, 3.8) is 0 Å². The van der Waals surface area contributed by atoms with Gasteiger partial charge in [0.1, 0.15) is 5.60 Å². The highest BCUT2D eigenvalue weighted by Crippen LogP contribution is 2.45. The Morgan fingerprint density at radius 3 is 2.43 bits per heavy atom. The zero-order valence-corrected chi connectivity index (χ0v) is 27.4. The smallest absolute Gasteiger partial charge is 0.408 e. The van der Waals surface area contributed by atoms with Crippen LogP contribution in [0.15, 0.2) is 47.6 Å². The van der Waals surface area contributed by atoms with Crippen molar-refractivity contribution in [1.29, 1.82) is 0 Å². The first-order chi connectivity index (χ1) is 21.6. The number of sulfonamides is 1. The van der Waals surface area contributed by atoms with Crippen LogP contribution >= 0.6 is 0 Å². The molecule has 3 heterocycles. The number of alkyl carbamates (subject to hydrolysis) is 1. The molecule has 2 aliphatic carbocycles. The Kier molecular flexibility index (Phi) is 8.35. The number of nitrogens with zero attached hydrogens (tertiary/aromatic N) is 4. The third-order valence-electron chi connectivity index (χ3n) is 9.24. The predicted molar refractivity (Wildman–Crippen MR) is 166 cm³/mol. The Morgan fingerprint density at radius 1 is 1.13 bits per heavy atom. The number of fused-ring (bicyclic) bond motifs is 1. The van der Waals surface area contributed by atoms with Crippen molar-refractivity contribution < 1.29 is 31.5 Å². The average Bonchev–Trinajstić information content (AvgIpc) is 3.64. The molecular formula is C33H41F2N5O5S. The third-order valence-corrected chi connectivity index (χ3v) is 11.1. The second kappa shape index (κ2) is 11.9. The SMILES string of the molecule is Cc1ccc(S(=O)(=O)N2C(=O)C(Cc3cnn4cc([C@@H](NC(=O)OC(C)(C)C)C5CCC(F)(F)CC5)nc4c3)C[C@H]2C2CC2)cc1. The van der Waals surface area contributed by atoms with Gasteiger partial charge in [-0.05, 0) is 102 Å². The normalized spacial score (nSPS) is 23.1. The first kappa shape index (κ1) is 32.3. The number of imidazole rings is 1. The first-order valence-electron chi connectivity index (χ1n) is 16.0. The van der Waals surface area contributed by atoms with Gasteiger partial charge in [0.25, 0.3) is 10.0 Å². The van der Waals surface area contributed by atoms with Gasteiger partial charge in [0.15, 0.2) is 5.65 Å². The molecule has 6 rings (SSSR count). The van der Waals surface area contributed by atoms with Gasteiger partial charge in [-0.25, -0.2) is 35.8 Å². The van der Waals surface area contributed by atoms with Crippen LogP contribution in [0, 0.1) is 24.7 Å². The highest BCUT2D eigenvalue weighted by Gasteiger charge is 2.51. The molecule has 2 aromatic heterocycles. The van der Waals surface area contributed by atoms with E-state index in [-0.39, 0.29) is 48.5 Å². The number of nitrogens with one attached hydrogen (secondary N) is 1. The largest absolute Gasteiger partial charge is 0.444 e. The van der Waals surface area contributed by atoms with E-state index >= 15 is 0 Å². The summed E-state index contributed by atoms with van der Waals surface area (Å²) < 4.78 is 63.4. The molecule has 3 fully saturated rings. The van der Waals surface area contributed by atoms with E-state index in [4.69, 9.17) is 9.72 Å². The average molecular weight is 658 g/mol. The quantitative estimate of drug-likeness (QED) is 0.316. The van der Waals surface area contributed by atoms with E-state index in [1.54, 1.807) is 68.0 Å². The number of carbonyl (C=O) groups excluding carboxylic acids is 2. The van der Waals surface area contributed by atoms with Gasteiger partial charge in [0.2, 0.25) is 11.8 Å². The maximum atomic E-state index is 14.0. The Hall–Kier alpha value is -3.61. The number of ether oxygens (including phenoxy) is 1. The number of hydrogen-bond donors (Lipinski definition) is 1. The van der Waals surface area contributed by atoms with Crippen LogP contribution in [0.1, 0.15) is 88.6 Å². The number of rotatable bonds is 8. The standard InChI is InChI=1S/C33H41F2N5O5S/c1-20-5-9-25(10-6-20)46(43,44)40-27(22-7-8-22)17-24(30(40)41)15-21-16-28-37-26(19-39(28)36-18-21)29(38-31(42)45-32(2,3)4)23-11-13-33(34,35)14-12-23/h5-6,9-10,16,18-19,22-24,27,29H,7-8,11-15,17H2,1-4H3,(H,38,42)/t24?,27-,29-/m0/s1. The minimum absolute atomic E-state index is 0.113. The third kappa shape index (κ3) is 6.89. The number of aryl methyl sites for hydroxylation is 1. The van der Waals surface area contributed by atoms with Crippen molar-refractivity contribution in [3.05, 3.63) is 59.5 Å². The van der Waals surface area contributed by atoms with Crippen LogP contribution in [0.5, 0.6) is 0 Å². The molecule has 0 bridgehead atoms. The number of halogens is 2.